The summed E-state index contributed by atoms with van der Waals surface area (Å²) in [6, 6.07) is 3.65. The fourth-order valence-corrected chi connectivity index (χ4v) is 2.74. The van der Waals surface area contributed by atoms with Gasteiger partial charge in [0.25, 0.3) is 5.91 Å². The van der Waals surface area contributed by atoms with Crippen LogP contribution in [0.4, 0.5) is 0 Å². The lowest BCUT2D eigenvalue weighted by Crippen LogP contribution is -2.26. The average Bonchev–Trinajstić information content (AvgIpc) is 2.68. The molecule has 1 aliphatic heterocycles. The van der Waals surface area contributed by atoms with Crippen molar-refractivity contribution in [3.05, 3.63) is 27.9 Å². The van der Waals surface area contributed by atoms with Crippen LogP contribution in [0.1, 0.15) is 12.5 Å². The summed E-state index contributed by atoms with van der Waals surface area (Å²) in [6.07, 6.45) is 1.78. The zero-order chi connectivity index (χ0) is 16.4. The van der Waals surface area contributed by atoms with Crippen LogP contribution in [0.3, 0.4) is 0 Å². The normalized spacial score (nSPS) is 16.7. The summed E-state index contributed by atoms with van der Waals surface area (Å²) in [5.74, 6) is 1.13. The summed E-state index contributed by atoms with van der Waals surface area (Å²) in [5, 5.41) is 0.478. The van der Waals surface area contributed by atoms with Crippen molar-refractivity contribution in [2.45, 2.75) is 6.92 Å². The Hall–Kier alpha value is -1.60. The molecule has 0 N–H and O–H groups in total. The number of methoxy groups -OCH3 is 1. The Morgan fingerprint density at radius 3 is 2.45 bits per heavy atom. The van der Waals surface area contributed by atoms with Gasteiger partial charge >= 0.3 is 0 Å². The van der Waals surface area contributed by atoms with Gasteiger partial charge in [-0.2, -0.15) is 0 Å². The van der Waals surface area contributed by atoms with Gasteiger partial charge < -0.3 is 14.4 Å². The Balaban J connectivity index is 2.49. The van der Waals surface area contributed by atoms with Crippen molar-refractivity contribution in [3.63, 3.8) is 0 Å². The van der Waals surface area contributed by atoms with Crippen molar-refractivity contribution >= 4 is 45.2 Å². The number of carbonyl (C=O) groups is 1. The van der Waals surface area contributed by atoms with E-state index in [0.717, 1.165) is 10.0 Å². The van der Waals surface area contributed by atoms with Gasteiger partial charge in [0.2, 0.25) is 0 Å². The van der Waals surface area contributed by atoms with Gasteiger partial charge in [-0.05, 0) is 42.9 Å². The number of ether oxygens (including phenoxy) is 2. The SMILES string of the molecule is CCOc1cc(/C=C2/C(=O)N(C)C(=S)N2C)c(Br)cc1OC. The van der Waals surface area contributed by atoms with Gasteiger partial charge in [-0.1, -0.05) is 15.9 Å². The standard InChI is InChI=1S/C15H17BrN2O3S/c1-5-21-13-7-9(10(16)8-12(13)20-4)6-11-14(19)18(3)15(22)17(11)2/h6-8H,5H2,1-4H3/b11-6-. The molecule has 1 aromatic rings. The molecule has 0 aromatic heterocycles. The Kier molecular flexibility index (Phi) is 5.08. The molecule has 118 valence electrons. The molecule has 0 atom stereocenters. The Bertz CT molecular complexity index is 660. The van der Waals surface area contributed by atoms with Crippen LogP contribution in [-0.4, -0.2) is 48.6 Å². The first-order valence-electron chi connectivity index (χ1n) is 6.68. The Labute approximate surface area is 143 Å². The van der Waals surface area contributed by atoms with E-state index in [9.17, 15) is 4.79 Å². The summed E-state index contributed by atoms with van der Waals surface area (Å²) >= 11 is 8.70. The third-order valence-corrected chi connectivity index (χ3v) is 4.57. The number of benzene rings is 1. The molecule has 0 radical (unpaired) electrons. The smallest absolute Gasteiger partial charge is 0.276 e. The van der Waals surface area contributed by atoms with Gasteiger partial charge in [0.05, 0.1) is 13.7 Å². The van der Waals surface area contributed by atoms with E-state index in [1.807, 2.05) is 19.1 Å². The minimum atomic E-state index is -0.131. The van der Waals surface area contributed by atoms with Crippen LogP contribution in [0.2, 0.25) is 0 Å². The third kappa shape index (κ3) is 2.96. The number of hydrogen-bond donors (Lipinski definition) is 0. The lowest BCUT2D eigenvalue weighted by Gasteiger charge is -2.13. The van der Waals surface area contributed by atoms with Crippen molar-refractivity contribution in [1.29, 1.82) is 0 Å². The van der Waals surface area contributed by atoms with Crippen molar-refractivity contribution < 1.29 is 14.3 Å². The third-order valence-electron chi connectivity index (χ3n) is 3.33. The molecule has 0 spiro atoms. The topological polar surface area (TPSA) is 42.0 Å². The second-order valence-electron chi connectivity index (χ2n) is 4.69. The molecule has 0 saturated carbocycles. The molecule has 22 heavy (non-hydrogen) atoms. The van der Waals surface area contributed by atoms with Gasteiger partial charge in [-0.15, -0.1) is 0 Å². The van der Waals surface area contributed by atoms with E-state index in [1.54, 1.807) is 32.2 Å². The highest BCUT2D eigenvalue weighted by molar-refractivity contribution is 9.10. The number of hydrogen-bond acceptors (Lipinski definition) is 4. The Morgan fingerprint density at radius 2 is 1.95 bits per heavy atom. The van der Waals surface area contributed by atoms with Crippen molar-refractivity contribution in [1.82, 2.24) is 9.80 Å². The zero-order valence-electron chi connectivity index (χ0n) is 12.8. The van der Waals surface area contributed by atoms with E-state index in [1.165, 1.54) is 4.90 Å². The highest BCUT2D eigenvalue weighted by atomic mass is 79.9. The molecule has 1 amide bonds. The first kappa shape index (κ1) is 16.8. The summed E-state index contributed by atoms with van der Waals surface area (Å²) in [6.45, 7) is 2.43. The molecule has 1 heterocycles. The van der Waals surface area contributed by atoms with E-state index in [-0.39, 0.29) is 5.91 Å². The highest BCUT2D eigenvalue weighted by Crippen LogP contribution is 2.35. The molecule has 1 saturated heterocycles. The van der Waals surface area contributed by atoms with Crippen LogP contribution >= 0.6 is 28.1 Å². The molecule has 0 bridgehead atoms. The van der Waals surface area contributed by atoms with Crippen molar-refractivity contribution in [2.24, 2.45) is 0 Å². The first-order chi connectivity index (χ1) is 10.4. The van der Waals surface area contributed by atoms with Gasteiger partial charge in [-0.3, -0.25) is 9.69 Å². The zero-order valence-corrected chi connectivity index (χ0v) is 15.2. The van der Waals surface area contributed by atoms with Crippen LogP contribution in [0.15, 0.2) is 22.3 Å². The summed E-state index contributed by atoms with van der Waals surface area (Å²) < 4.78 is 11.7. The van der Waals surface area contributed by atoms with E-state index in [0.29, 0.717) is 28.9 Å². The highest BCUT2D eigenvalue weighted by Gasteiger charge is 2.32. The van der Waals surface area contributed by atoms with Crippen LogP contribution in [0, 0.1) is 0 Å². The molecule has 2 rings (SSSR count). The fourth-order valence-electron chi connectivity index (χ4n) is 2.13. The molecular formula is C15H17BrN2O3S. The fraction of sp³-hybridized carbons (Fsp3) is 0.333. The second kappa shape index (κ2) is 6.66. The van der Waals surface area contributed by atoms with E-state index in [4.69, 9.17) is 21.7 Å². The number of halogens is 1. The lowest BCUT2D eigenvalue weighted by atomic mass is 10.1. The Morgan fingerprint density at radius 1 is 1.27 bits per heavy atom. The van der Waals surface area contributed by atoms with Gasteiger partial charge in [0.1, 0.15) is 5.70 Å². The lowest BCUT2D eigenvalue weighted by molar-refractivity contribution is -0.121. The van der Waals surface area contributed by atoms with Gasteiger partial charge in [0, 0.05) is 18.6 Å². The van der Waals surface area contributed by atoms with Gasteiger partial charge in [0.15, 0.2) is 16.6 Å². The number of carbonyl (C=O) groups excluding carboxylic acids is 1. The van der Waals surface area contributed by atoms with Crippen LogP contribution < -0.4 is 9.47 Å². The number of likely N-dealkylation sites (N-methyl/N-ethyl adjacent to an activating group) is 2. The second-order valence-corrected chi connectivity index (χ2v) is 5.91. The maximum atomic E-state index is 12.2. The molecular weight excluding hydrogens is 368 g/mol. The number of nitrogens with zero attached hydrogens (tertiary/aromatic N) is 2. The molecule has 1 aliphatic rings. The molecule has 1 fully saturated rings. The van der Waals surface area contributed by atoms with Crippen LogP contribution in [0.25, 0.3) is 6.08 Å². The van der Waals surface area contributed by atoms with Gasteiger partial charge in [-0.25, -0.2) is 0 Å². The maximum absolute atomic E-state index is 12.2. The minimum Gasteiger partial charge on any atom is -0.493 e. The molecule has 0 unspecified atom stereocenters. The molecule has 1 aromatic carbocycles. The molecule has 5 nitrogen and oxygen atoms in total. The van der Waals surface area contributed by atoms with E-state index < -0.39 is 0 Å². The quantitative estimate of drug-likeness (QED) is 0.589. The summed E-state index contributed by atoms with van der Waals surface area (Å²) in [4.78, 5) is 15.4. The largest absolute Gasteiger partial charge is 0.493 e. The van der Waals surface area contributed by atoms with E-state index in [2.05, 4.69) is 15.9 Å². The van der Waals surface area contributed by atoms with Crippen molar-refractivity contribution in [2.75, 3.05) is 27.8 Å². The number of rotatable bonds is 4. The summed E-state index contributed by atoms with van der Waals surface area (Å²) in [7, 11) is 5.03. The predicted molar refractivity (Wildman–Crippen MR) is 93.0 cm³/mol. The molecule has 0 aliphatic carbocycles. The predicted octanol–water partition coefficient (Wildman–Crippen LogP) is 2.89. The minimum absolute atomic E-state index is 0.131. The number of thiocarbonyl (C=S) groups is 1. The van der Waals surface area contributed by atoms with Crippen LogP contribution in [-0.2, 0) is 4.79 Å². The maximum Gasteiger partial charge on any atom is 0.276 e. The average molecular weight is 385 g/mol. The van der Waals surface area contributed by atoms with Crippen molar-refractivity contribution in [3.8, 4) is 11.5 Å². The molecule has 7 heteroatoms. The number of amides is 1. The monoisotopic (exact) mass is 384 g/mol. The first-order valence-corrected chi connectivity index (χ1v) is 7.88. The summed E-state index contributed by atoms with van der Waals surface area (Å²) in [5.41, 5.74) is 1.33. The van der Waals surface area contributed by atoms with Crippen LogP contribution in [0.5, 0.6) is 11.5 Å². The van der Waals surface area contributed by atoms with E-state index >= 15 is 0 Å².